The van der Waals surface area contributed by atoms with Crippen LogP contribution in [-0.2, 0) is 6.42 Å². The molecule has 15 heavy (non-hydrogen) atoms. The van der Waals surface area contributed by atoms with Gasteiger partial charge in [-0.15, -0.1) is 0 Å². The summed E-state index contributed by atoms with van der Waals surface area (Å²) in [5.41, 5.74) is 5.72. The summed E-state index contributed by atoms with van der Waals surface area (Å²) < 4.78 is 15.3. The Morgan fingerprint density at radius 2 is 2.07 bits per heavy atom. The van der Waals surface area contributed by atoms with Crippen LogP contribution in [0.3, 0.4) is 0 Å². The minimum atomic E-state index is -1.08. The SMILES string of the molecule is NC1CCC(F)(Cc2ccc(Br)cc2)C1. The number of hydrogen-bond acceptors (Lipinski definition) is 1. The lowest BCUT2D eigenvalue weighted by Crippen LogP contribution is -2.25. The quantitative estimate of drug-likeness (QED) is 0.879. The summed E-state index contributed by atoms with van der Waals surface area (Å²) in [6.07, 6.45) is 2.41. The van der Waals surface area contributed by atoms with Crippen molar-refractivity contribution >= 4 is 15.9 Å². The highest BCUT2D eigenvalue weighted by Crippen LogP contribution is 2.35. The van der Waals surface area contributed by atoms with Gasteiger partial charge in [0.05, 0.1) is 0 Å². The van der Waals surface area contributed by atoms with E-state index >= 15 is 0 Å². The van der Waals surface area contributed by atoms with Crippen LogP contribution in [-0.4, -0.2) is 11.7 Å². The number of halogens is 2. The van der Waals surface area contributed by atoms with Crippen LogP contribution in [0.25, 0.3) is 0 Å². The summed E-state index contributed by atoms with van der Waals surface area (Å²) in [4.78, 5) is 0. The van der Waals surface area contributed by atoms with Gasteiger partial charge in [-0.3, -0.25) is 0 Å². The summed E-state index contributed by atoms with van der Waals surface area (Å²) in [5, 5.41) is 0. The lowest BCUT2D eigenvalue weighted by Gasteiger charge is -2.19. The summed E-state index contributed by atoms with van der Waals surface area (Å²) in [7, 11) is 0. The van der Waals surface area contributed by atoms with E-state index in [1.54, 1.807) is 0 Å². The van der Waals surface area contributed by atoms with Crippen molar-refractivity contribution in [1.29, 1.82) is 0 Å². The van der Waals surface area contributed by atoms with Crippen LogP contribution in [0.1, 0.15) is 24.8 Å². The van der Waals surface area contributed by atoms with Gasteiger partial charge in [-0.1, -0.05) is 28.1 Å². The third kappa shape index (κ3) is 2.79. The van der Waals surface area contributed by atoms with Crippen molar-refractivity contribution in [3.63, 3.8) is 0 Å². The van der Waals surface area contributed by atoms with Gasteiger partial charge >= 0.3 is 0 Å². The van der Waals surface area contributed by atoms with E-state index in [1.165, 1.54) is 0 Å². The second kappa shape index (κ2) is 4.22. The van der Waals surface area contributed by atoms with Gasteiger partial charge in [0.25, 0.3) is 0 Å². The molecule has 1 aromatic carbocycles. The summed E-state index contributed by atoms with van der Waals surface area (Å²) >= 11 is 3.37. The fourth-order valence-electron chi connectivity index (χ4n) is 2.25. The Labute approximate surface area is 98.0 Å². The molecule has 1 aliphatic rings. The largest absolute Gasteiger partial charge is 0.328 e. The van der Waals surface area contributed by atoms with Crippen LogP contribution in [0.15, 0.2) is 28.7 Å². The van der Waals surface area contributed by atoms with Crippen LogP contribution in [0, 0.1) is 0 Å². The first kappa shape index (κ1) is 11.1. The first-order valence-corrected chi connectivity index (χ1v) is 6.06. The topological polar surface area (TPSA) is 26.0 Å². The number of benzene rings is 1. The molecule has 2 atom stereocenters. The van der Waals surface area contributed by atoms with E-state index in [2.05, 4.69) is 15.9 Å². The molecule has 0 amide bonds. The normalized spacial score (nSPS) is 30.7. The van der Waals surface area contributed by atoms with Crippen molar-refractivity contribution < 1.29 is 4.39 Å². The number of nitrogens with two attached hydrogens (primary N) is 1. The molecule has 1 fully saturated rings. The first-order valence-electron chi connectivity index (χ1n) is 5.26. The van der Waals surface area contributed by atoms with Crippen molar-refractivity contribution in [3.8, 4) is 0 Å². The predicted octanol–water partition coefficient (Wildman–Crippen LogP) is 3.21. The molecule has 2 N–H and O–H groups in total. The molecule has 0 radical (unpaired) electrons. The van der Waals surface area contributed by atoms with Crippen LogP contribution in [0.2, 0.25) is 0 Å². The Hall–Kier alpha value is -0.410. The monoisotopic (exact) mass is 271 g/mol. The van der Waals surface area contributed by atoms with Crippen LogP contribution in [0.5, 0.6) is 0 Å². The Morgan fingerprint density at radius 3 is 2.60 bits per heavy atom. The van der Waals surface area contributed by atoms with Gasteiger partial charge in [0.15, 0.2) is 0 Å². The molecule has 2 rings (SSSR count). The van der Waals surface area contributed by atoms with E-state index in [1.807, 2.05) is 24.3 Å². The molecule has 0 saturated heterocycles. The molecule has 0 aromatic heterocycles. The molecule has 0 bridgehead atoms. The van der Waals surface area contributed by atoms with Crippen LogP contribution < -0.4 is 5.73 Å². The Bertz CT molecular complexity index is 338. The van der Waals surface area contributed by atoms with Gasteiger partial charge in [0.1, 0.15) is 5.67 Å². The lowest BCUT2D eigenvalue weighted by atomic mass is 9.95. The molecule has 1 aliphatic carbocycles. The summed E-state index contributed by atoms with van der Waals surface area (Å²) in [6.45, 7) is 0. The van der Waals surface area contributed by atoms with Gasteiger partial charge in [0.2, 0.25) is 0 Å². The first-order chi connectivity index (χ1) is 7.07. The highest BCUT2D eigenvalue weighted by atomic mass is 79.9. The molecule has 1 aromatic rings. The molecule has 3 heteroatoms. The van der Waals surface area contributed by atoms with Crippen LogP contribution >= 0.6 is 15.9 Å². The molecule has 1 nitrogen and oxygen atoms in total. The summed E-state index contributed by atoms with van der Waals surface area (Å²) in [6, 6.07) is 7.89. The third-order valence-electron chi connectivity index (χ3n) is 3.03. The zero-order chi connectivity index (χ0) is 10.9. The zero-order valence-corrected chi connectivity index (χ0v) is 10.1. The van der Waals surface area contributed by atoms with E-state index < -0.39 is 5.67 Å². The maximum absolute atomic E-state index is 14.3. The minimum absolute atomic E-state index is 0.0467. The molecule has 0 aliphatic heterocycles. The van der Waals surface area contributed by atoms with E-state index in [4.69, 9.17) is 5.73 Å². The second-order valence-corrected chi connectivity index (χ2v) is 5.37. The van der Waals surface area contributed by atoms with E-state index in [9.17, 15) is 4.39 Å². The maximum atomic E-state index is 14.3. The van der Waals surface area contributed by atoms with Crippen LogP contribution in [0.4, 0.5) is 4.39 Å². The average molecular weight is 272 g/mol. The van der Waals surface area contributed by atoms with Gasteiger partial charge < -0.3 is 5.73 Å². The van der Waals surface area contributed by atoms with Crippen molar-refractivity contribution in [3.05, 3.63) is 34.3 Å². The van der Waals surface area contributed by atoms with E-state index in [0.29, 0.717) is 19.3 Å². The standard InChI is InChI=1S/C12H15BrFN/c13-10-3-1-9(2-4-10)7-12(14)6-5-11(15)8-12/h1-4,11H,5-8,15H2. The number of rotatable bonds is 2. The van der Waals surface area contributed by atoms with Crippen molar-refractivity contribution in [2.24, 2.45) is 5.73 Å². The third-order valence-corrected chi connectivity index (χ3v) is 3.55. The van der Waals surface area contributed by atoms with Gasteiger partial charge in [-0.2, -0.15) is 0 Å². The van der Waals surface area contributed by atoms with Gasteiger partial charge in [-0.05, 0) is 37.0 Å². The van der Waals surface area contributed by atoms with E-state index in [0.717, 1.165) is 16.5 Å². The molecule has 82 valence electrons. The van der Waals surface area contributed by atoms with Gasteiger partial charge in [0, 0.05) is 16.9 Å². The molecular formula is C12H15BrFN. The zero-order valence-electron chi connectivity index (χ0n) is 8.55. The highest BCUT2D eigenvalue weighted by Gasteiger charge is 2.37. The second-order valence-electron chi connectivity index (χ2n) is 4.46. The Morgan fingerprint density at radius 1 is 1.40 bits per heavy atom. The Balaban J connectivity index is 2.05. The fourth-order valence-corrected chi connectivity index (χ4v) is 2.51. The number of alkyl halides is 1. The van der Waals surface area contributed by atoms with Crippen molar-refractivity contribution in [2.45, 2.75) is 37.4 Å². The average Bonchev–Trinajstić information content (AvgIpc) is 2.50. The molecule has 1 saturated carbocycles. The fraction of sp³-hybridized carbons (Fsp3) is 0.500. The predicted molar refractivity (Wildman–Crippen MR) is 63.5 cm³/mol. The smallest absolute Gasteiger partial charge is 0.116 e. The molecular weight excluding hydrogens is 257 g/mol. The molecule has 0 heterocycles. The maximum Gasteiger partial charge on any atom is 0.116 e. The Kier molecular flexibility index (Phi) is 3.12. The van der Waals surface area contributed by atoms with Crippen molar-refractivity contribution in [2.75, 3.05) is 0 Å². The summed E-state index contributed by atoms with van der Waals surface area (Å²) in [5.74, 6) is 0. The molecule has 2 unspecified atom stereocenters. The minimum Gasteiger partial charge on any atom is -0.328 e. The van der Waals surface area contributed by atoms with Crippen molar-refractivity contribution in [1.82, 2.24) is 0 Å². The van der Waals surface area contributed by atoms with Gasteiger partial charge in [-0.25, -0.2) is 4.39 Å². The highest BCUT2D eigenvalue weighted by molar-refractivity contribution is 9.10. The van der Waals surface area contributed by atoms with E-state index in [-0.39, 0.29) is 6.04 Å². The molecule has 0 spiro atoms. The lowest BCUT2D eigenvalue weighted by molar-refractivity contribution is 0.170. The number of hydrogen-bond donors (Lipinski definition) is 1.